The minimum atomic E-state index is -1.18. The number of oxime groups is 1. The van der Waals surface area contributed by atoms with E-state index in [9.17, 15) is 19.5 Å². The number of anilines is 1. The molecule has 0 bridgehead atoms. The highest BCUT2D eigenvalue weighted by Gasteiger charge is 2.54. The van der Waals surface area contributed by atoms with Gasteiger partial charge >= 0.3 is 5.97 Å². The van der Waals surface area contributed by atoms with Gasteiger partial charge in [0.05, 0.1) is 6.20 Å². The van der Waals surface area contributed by atoms with Crippen molar-refractivity contribution in [2.45, 2.75) is 18.0 Å². The number of amides is 2. The summed E-state index contributed by atoms with van der Waals surface area (Å²) in [4.78, 5) is 47.3. The summed E-state index contributed by atoms with van der Waals surface area (Å²) in [6.45, 7) is 0.256. The Kier molecular flexibility index (Phi) is 6.80. The molecule has 37 heavy (non-hydrogen) atoms. The number of hydrogen-bond acceptors (Lipinski definition) is 9. The summed E-state index contributed by atoms with van der Waals surface area (Å²) in [6, 6.07) is 4.86. The number of carboxylic acid groups (broad SMARTS) is 1. The van der Waals surface area contributed by atoms with E-state index in [0.29, 0.717) is 28.7 Å². The molecule has 5 rings (SSSR count). The largest absolute Gasteiger partial charge is 0.477 e. The fourth-order valence-corrected chi connectivity index (χ4v) is 5.84. The van der Waals surface area contributed by atoms with E-state index < -0.39 is 29.2 Å². The fourth-order valence-electron chi connectivity index (χ4n) is 4.01. The molecule has 2 aliphatic rings. The summed E-state index contributed by atoms with van der Waals surface area (Å²) in [5, 5.41) is 17.6. The van der Waals surface area contributed by atoms with Crippen LogP contribution < -0.4 is 15.6 Å². The number of nitrogens with zero attached hydrogens (tertiary/aromatic N) is 5. The number of imidazole rings is 1. The van der Waals surface area contributed by atoms with Crippen LogP contribution in [0, 0.1) is 11.8 Å². The molecule has 12 nitrogen and oxygen atoms in total. The Morgan fingerprint density at radius 3 is 3.05 bits per heavy atom. The van der Waals surface area contributed by atoms with Gasteiger partial charge in [0.25, 0.3) is 17.5 Å². The van der Waals surface area contributed by atoms with Crippen LogP contribution in [-0.2, 0) is 25.8 Å². The molecule has 3 aromatic rings. The number of β-lactam (4-membered cyclic amide) rings is 1. The number of nitrogens with two attached hydrogens (primary N) is 1. The standard InChI is InChI=1S/C23H19N7O5S2/c24-23-26-15(13-37-23)4-3-9-35-25-10-16(31)27-18-20(32)30-19(22(33)34)14(12-36-21(18)30)11-29-8-7-28-6-2-1-5-17(28)29/h1-2,5-8,10,13,18,21H,9,11-12H2,(H3-,24,26,27,31,33,34)/p+1/t18-,21+/m1/s1. The molecule has 14 heteroatoms. The van der Waals surface area contributed by atoms with Crippen molar-refractivity contribution in [1.29, 1.82) is 0 Å². The highest BCUT2D eigenvalue weighted by molar-refractivity contribution is 8.00. The number of carboxylic acids is 1. The van der Waals surface area contributed by atoms with Crippen LogP contribution in [0.2, 0.25) is 0 Å². The number of fused-ring (bicyclic) bond motifs is 2. The van der Waals surface area contributed by atoms with Gasteiger partial charge in [-0.15, -0.1) is 23.1 Å². The molecule has 0 radical (unpaired) electrons. The van der Waals surface area contributed by atoms with E-state index in [-0.39, 0.29) is 12.3 Å². The van der Waals surface area contributed by atoms with Crippen molar-refractivity contribution < 1.29 is 28.9 Å². The molecule has 2 atom stereocenters. The van der Waals surface area contributed by atoms with Crippen LogP contribution in [0.25, 0.3) is 5.65 Å². The molecule has 0 aromatic carbocycles. The quantitative estimate of drug-likeness (QED) is 0.0952. The van der Waals surface area contributed by atoms with Gasteiger partial charge in [-0.05, 0) is 12.0 Å². The number of aromatic nitrogens is 3. The number of carbonyl (C=O) groups excluding carboxylic acids is 2. The first-order chi connectivity index (χ1) is 17.9. The average Bonchev–Trinajstić information content (AvgIpc) is 3.50. The summed E-state index contributed by atoms with van der Waals surface area (Å²) >= 11 is 2.67. The summed E-state index contributed by atoms with van der Waals surface area (Å²) in [6.07, 6.45) is 6.54. The third-order valence-electron chi connectivity index (χ3n) is 5.60. The first-order valence-corrected chi connectivity index (χ1v) is 12.9. The van der Waals surface area contributed by atoms with E-state index in [1.54, 1.807) is 5.38 Å². The second-order valence-corrected chi connectivity index (χ2v) is 9.92. The number of aliphatic carboxylic acids is 1. The summed E-state index contributed by atoms with van der Waals surface area (Å²) < 4.78 is 3.85. The Morgan fingerprint density at radius 1 is 1.41 bits per heavy atom. The van der Waals surface area contributed by atoms with Crippen LogP contribution in [0.1, 0.15) is 5.69 Å². The van der Waals surface area contributed by atoms with Crippen LogP contribution in [0.5, 0.6) is 0 Å². The molecule has 2 amide bonds. The molecule has 5 heterocycles. The molecule has 0 aliphatic carbocycles. The van der Waals surface area contributed by atoms with Crippen LogP contribution in [0.15, 0.2) is 58.6 Å². The van der Waals surface area contributed by atoms with Gasteiger partial charge in [0.15, 0.2) is 11.7 Å². The number of thioether (sulfide) groups is 1. The topological polar surface area (TPSA) is 155 Å². The Balaban J connectivity index is 1.19. The lowest BCUT2D eigenvalue weighted by molar-refractivity contribution is -0.662. The van der Waals surface area contributed by atoms with Gasteiger partial charge < -0.3 is 21.0 Å². The van der Waals surface area contributed by atoms with Gasteiger partial charge in [-0.2, -0.15) is 0 Å². The maximum Gasteiger partial charge on any atom is 0.352 e. The normalized spacial score (nSPS) is 18.8. The van der Waals surface area contributed by atoms with Gasteiger partial charge in [-0.25, -0.2) is 18.7 Å². The van der Waals surface area contributed by atoms with E-state index in [0.717, 1.165) is 11.9 Å². The molecule has 0 saturated carbocycles. The predicted molar refractivity (Wildman–Crippen MR) is 135 cm³/mol. The van der Waals surface area contributed by atoms with E-state index in [4.69, 9.17) is 10.6 Å². The van der Waals surface area contributed by atoms with E-state index >= 15 is 0 Å². The van der Waals surface area contributed by atoms with Gasteiger partial charge in [0.2, 0.25) is 0 Å². The molecule has 4 N–H and O–H groups in total. The highest BCUT2D eigenvalue weighted by Crippen LogP contribution is 2.40. The second kappa shape index (κ2) is 10.3. The highest BCUT2D eigenvalue weighted by atomic mass is 32.2. The second-order valence-electron chi connectivity index (χ2n) is 7.93. The zero-order valence-electron chi connectivity index (χ0n) is 19.1. The maximum absolute atomic E-state index is 12.8. The molecule has 3 aromatic heterocycles. The number of nitrogens with one attached hydrogen (secondary N) is 1. The number of pyridine rings is 1. The molecule has 1 fully saturated rings. The molecule has 0 spiro atoms. The van der Waals surface area contributed by atoms with Crippen LogP contribution in [-0.4, -0.2) is 67.2 Å². The smallest absolute Gasteiger partial charge is 0.352 e. The van der Waals surface area contributed by atoms with E-state index in [2.05, 4.69) is 27.3 Å². The van der Waals surface area contributed by atoms with Gasteiger partial charge in [-0.1, -0.05) is 17.1 Å². The number of nitrogen functional groups attached to an aromatic ring is 1. The number of hydrogen-bond donors (Lipinski definition) is 3. The number of carbonyl (C=O) groups is 3. The molecule has 188 valence electrons. The molecule has 1 saturated heterocycles. The maximum atomic E-state index is 12.8. The van der Waals surface area contributed by atoms with Gasteiger partial charge in [0, 0.05) is 22.8 Å². The zero-order valence-corrected chi connectivity index (χ0v) is 20.7. The number of rotatable bonds is 7. The zero-order chi connectivity index (χ0) is 25.9. The van der Waals surface area contributed by atoms with Crippen molar-refractivity contribution in [2.24, 2.45) is 5.16 Å². The fraction of sp³-hybridized carbons (Fsp3) is 0.217. The van der Waals surface area contributed by atoms with E-state index in [1.807, 2.05) is 45.8 Å². The van der Waals surface area contributed by atoms with E-state index in [1.165, 1.54) is 28.0 Å². The summed E-state index contributed by atoms with van der Waals surface area (Å²) in [7, 11) is 0. The lowest BCUT2D eigenvalue weighted by atomic mass is 10.0. The third-order valence-corrected chi connectivity index (χ3v) is 7.61. The van der Waals surface area contributed by atoms with Crippen LogP contribution in [0.3, 0.4) is 0 Å². The van der Waals surface area contributed by atoms with Crippen molar-refractivity contribution in [2.75, 3.05) is 18.1 Å². The van der Waals surface area contributed by atoms with Gasteiger partial charge in [-0.3, -0.25) is 14.5 Å². The van der Waals surface area contributed by atoms with Crippen molar-refractivity contribution in [3.05, 3.63) is 59.1 Å². The summed E-state index contributed by atoms with van der Waals surface area (Å²) in [5.74, 6) is 3.52. The Bertz CT molecular complexity index is 1520. The minimum Gasteiger partial charge on any atom is -0.477 e. The minimum absolute atomic E-state index is 0.0422. The number of thiazole rings is 1. The van der Waals surface area contributed by atoms with Crippen LogP contribution >= 0.6 is 23.1 Å². The Hall–Kier alpha value is -4.35. The monoisotopic (exact) mass is 538 g/mol. The summed E-state index contributed by atoms with van der Waals surface area (Å²) in [5.41, 5.74) is 7.51. The molecular formula is C23H20N7O5S2+. The van der Waals surface area contributed by atoms with Crippen molar-refractivity contribution >= 4 is 57.9 Å². The lowest BCUT2D eigenvalue weighted by Crippen LogP contribution is -2.70. The van der Waals surface area contributed by atoms with Gasteiger partial charge in [0.1, 0.15) is 48.0 Å². The van der Waals surface area contributed by atoms with Crippen LogP contribution in [0.4, 0.5) is 5.13 Å². The molecule has 2 aliphatic heterocycles. The molecule has 0 unspecified atom stereocenters. The van der Waals surface area contributed by atoms with Crippen molar-refractivity contribution in [3.63, 3.8) is 0 Å². The lowest BCUT2D eigenvalue weighted by Gasteiger charge is -2.49. The first-order valence-electron chi connectivity index (χ1n) is 10.9. The molecular weight excluding hydrogens is 518 g/mol. The Morgan fingerprint density at radius 2 is 2.27 bits per heavy atom. The third kappa shape index (κ3) is 4.99. The SMILES string of the molecule is Nc1nc(C#CCON=CC(=O)N[C@@H]2C(=O)N3C(C(=O)O)=C(C[n+]4ccn5ccccc54)CS[C@@H]23)cs1. The Labute approximate surface area is 218 Å². The average molecular weight is 539 g/mol. The van der Waals surface area contributed by atoms with Crippen molar-refractivity contribution in [1.82, 2.24) is 19.6 Å². The first kappa shape index (κ1) is 24.3. The van der Waals surface area contributed by atoms with Crippen molar-refractivity contribution in [3.8, 4) is 11.8 Å². The predicted octanol–water partition coefficient (Wildman–Crippen LogP) is 0.0582.